The van der Waals surface area contributed by atoms with E-state index in [0.717, 1.165) is 15.4 Å². The van der Waals surface area contributed by atoms with E-state index in [0.29, 0.717) is 29.3 Å². The fourth-order valence-corrected chi connectivity index (χ4v) is 3.57. The molecule has 0 aliphatic carbocycles. The second kappa shape index (κ2) is 7.16. The standard InChI is InChI=1S/C21H17BrN2O4/c1-3-8-24-16-10-14(5-7-18(16)27-11-19(24)25)23-21(26)20-12(2)15-9-13(22)4-6-17(15)28-20/h3-7,9-10H,1,8,11H2,2H3,(H,23,26). The highest BCUT2D eigenvalue weighted by atomic mass is 79.9. The minimum Gasteiger partial charge on any atom is -0.482 e. The molecule has 0 saturated carbocycles. The second-order valence-electron chi connectivity index (χ2n) is 6.41. The molecule has 0 radical (unpaired) electrons. The monoisotopic (exact) mass is 440 g/mol. The summed E-state index contributed by atoms with van der Waals surface area (Å²) in [7, 11) is 0. The fraction of sp³-hybridized carbons (Fsp3) is 0.143. The van der Waals surface area contributed by atoms with Gasteiger partial charge in [0.15, 0.2) is 12.4 Å². The van der Waals surface area contributed by atoms with E-state index < -0.39 is 0 Å². The van der Waals surface area contributed by atoms with E-state index in [1.807, 2.05) is 25.1 Å². The number of halogens is 1. The van der Waals surface area contributed by atoms with Crippen LogP contribution in [0.1, 0.15) is 16.1 Å². The minimum atomic E-state index is -0.358. The molecular weight excluding hydrogens is 424 g/mol. The van der Waals surface area contributed by atoms with Crippen LogP contribution in [-0.2, 0) is 4.79 Å². The molecule has 4 rings (SSSR count). The van der Waals surface area contributed by atoms with Gasteiger partial charge in [0.1, 0.15) is 11.3 Å². The number of amides is 2. The maximum Gasteiger partial charge on any atom is 0.291 e. The molecule has 2 aromatic carbocycles. The van der Waals surface area contributed by atoms with Gasteiger partial charge in [-0.2, -0.15) is 0 Å². The van der Waals surface area contributed by atoms with Gasteiger partial charge in [0.2, 0.25) is 0 Å². The number of nitrogens with one attached hydrogen (secondary N) is 1. The van der Waals surface area contributed by atoms with Crippen LogP contribution in [0.3, 0.4) is 0 Å². The van der Waals surface area contributed by atoms with Crippen molar-refractivity contribution >= 4 is 50.1 Å². The van der Waals surface area contributed by atoms with Crippen LogP contribution in [0.2, 0.25) is 0 Å². The Kier molecular flexibility index (Phi) is 4.68. The summed E-state index contributed by atoms with van der Waals surface area (Å²) in [5.74, 6) is 0.322. The van der Waals surface area contributed by atoms with Crippen molar-refractivity contribution in [3.05, 3.63) is 64.8 Å². The third-order valence-corrected chi connectivity index (χ3v) is 5.07. The van der Waals surface area contributed by atoms with Gasteiger partial charge < -0.3 is 19.4 Å². The number of benzene rings is 2. The average molecular weight is 441 g/mol. The molecule has 142 valence electrons. The zero-order valence-electron chi connectivity index (χ0n) is 15.1. The van der Waals surface area contributed by atoms with Crippen molar-refractivity contribution in [3.8, 4) is 5.75 Å². The molecule has 6 nitrogen and oxygen atoms in total. The van der Waals surface area contributed by atoms with E-state index in [2.05, 4.69) is 27.8 Å². The SMILES string of the molecule is C=CCN1C(=O)COc2ccc(NC(=O)c3oc4ccc(Br)cc4c3C)cc21. The minimum absolute atomic E-state index is 0.0136. The number of rotatable bonds is 4. The van der Waals surface area contributed by atoms with E-state index in [1.54, 1.807) is 29.2 Å². The molecule has 0 unspecified atom stereocenters. The first-order valence-corrected chi connectivity index (χ1v) is 9.45. The van der Waals surface area contributed by atoms with Gasteiger partial charge in [0.05, 0.1) is 5.69 Å². The molecule has 0 saturated heterocycles. The van der Waals surface area contributed by atoms with Gasteiger partial charge >= 0.3 is 0 Å². The maximum absolute atomic E-state index is 12.8. The van der Waals surface area contributed by atoms with E-state index in [9.17, 15) is 9.59 Å². The maximum atomic E-state index is 12.8. The molecule has 1 aromatic heterocycles. The smallest absolute Gasteiger partial charge is 0.291 e. The third-order valence-electron chi connectivity index (χ3n) is 4.58. The van der Waals surface area contributed by atoms with Gasteiger partial charge in [0, 0.05) is 27.7 Å². The predicted octanol–water partition coefficient (Wildman–Crippen LogP) is 4.67. The summed E-state index contributed by atoms with van der Waals surface area (Å²) in [4.78, 5) is 26.5. The summed E-state index contributed by atoms with van der Waals surface area (Å²) in [5, 5.41) is 3.71. The van der Waals surface area contributed by atoms with Gasteiger partial charge in [-0.05, 0) is 43.3 Å². The highest BCUT2D eigenvalue weighted by Crippen LogP contribution is 2.35. The Hall–Kier alpha value is -3.06. The van der Waals surface area contributed by atoms with Crippen molar-refractivity contribution in [1.82, 2.24) is 0 Å². The molecule has 28 heavy (non-hydrogen) atoms. The lowest BCUT2D eigenvalue weighted by Crippen LogP contribution is -2.38. The third kappa shape index (κ3) is 3.18. The highest BCUT2D eigenvalue weighted by Gasteiger charge is 2.25. The first-order valence-electron chi connectivity index (χ1n) is 8.66. The number of nitrogens with zero attached hydrogens (tertiary/aromatic N) is 1. The number of carbonyl (C=O) groups excluding carboxylic acids is 2. The predicted molar refractivity (Wildman–Crippen MR) is 111 cm³/mol. The molecule has 1 N–H and O–H groups in total. The molecule has 7 heteroatoms. The Balaban J connectivity index is 1.65. The molecule has 3 aromatic rings. The van der Waals surface area contributed by atoms with Gasteiger partial charge in [-0.1, -0.05) is 22.0 Å². The van der Waals surface area contributed by atoms with Crippen LogP contribution in [0, 0.1) is 6.92 Å². The topological polar surface area (TPSA) is 71.8 Å². The molecule has 1 aliphatic heterocycles. The van der Waals surface area contributed by atoms with Crippen LogP contribution in [0.5, 0.6) is 5.75 Å². The molecule has 1 aliphatic rings. The summed E-state index contributed by atoms with van der Waals surface area (Å²) in [6, 6.07) is 10.8. The van der Waals surface area contributed by atoms with Gasteiger partial charge in [-0.15, -0.1) is 6.58 Å². The number of carbonyl (C=O) groups is 2. The van der Waals surface area contributed by atoms with Crippen molar-refractivity contribution in [2.75, 3.05) is 23.4 Å². The Bertz CT molecular complexity index is 1120. The van der Waals surface area contributed by atoms with Crippen molar-refractivity contribution in [2.45, 2.75) is 6.92 Å². The summed E-state index contributed by atoms with van der Waals surface area (Å²) >= 11 is 3.43. The Morgan fingerprint density at radius 1 is 1.32 bits per heavy atom. The van der Waals surface area contributed by atoms with Crippen LogP contribution in [0.4, 0.5) is 11.4 Å². The molecule has 0 fully saturated rings. The average Bonchev–Trinajstić information content (AvgIpc) is 3.00. The van der Waals surface area contributed by atoms with Gasteiger partial charge in [-0.3, -0.25) is 9.59 Å². The normalized spacial score (nSPS) is 13.2. The molecule has 2 heterocycles. The highest BCUT2D eigenvalue weighted by molar-refractivity contribution is 9.10. The fourth-order valence-electron chi connectivity index (χ4n) is 3.21. The first kappa shape index (κ1) is 18.3. The first-order chi connectivity index (χ1) is 13.5. The Labute approximate surface area is 169 Å². The van der Waals surface area contributed by atoms with Crippen LogP contribution in [-0.4, -0.2) is 25.0 Å². The second-order valence-corrected chi connectivity index (χ2v) is 7.33. The molecular formula is C21H17BrN2O4. The Morgan fingerprint density at radius 2 is 2.14 bits per heavy atom. The van der Waals surface area contributed by atoms with E-state index in [4.69, 9.17) is 9.15 Å². The molecule has 2 amide bonds. The van der Waals surface area contributed by atoms with Gasteiger partial charge in [-0.25, -0.2) is 0 Å². The van der Waals surface area contributed by atoms with Gasteiger partial charge in [0.25, 0.3) is 11.8 Å². The summed E-state index contributed by atoms with van der Waals surface area (Å²) < 4.78 is 12.1. The summed E-state index contributed by atoms with van der Waals surface area (Å²) in [5.41, 5.74) is 2.54. The number of hydrogen-bond donors (Lipinski definition) is 1. The zero-order chi connectivity index (χ0) is 19.8. The van der Waals surface area contributed by atoms with E-state index >= 15 is 0 Å². The van der Waals surface area contributed by atoms with Crippen molar-refractivity contribution < 1.29 is 18.7 Å². The van der Waals surface area contributed by atoms with E-state index in [1.165, 1.54) is 0 Å². The van der Waals surface area contributed by atoms with Crippen LogP contribution < -0.4 is 15.0 Å². The van der Waals surface area contributed by atoms with Crippen molar-refractivity contribution in [1.29, 1.82) is 0 Å². The largest absolute Gasteiger partial charge is 0.482 e. The number of hydrogen-bond acceptors (Lipinski definition) is 4. The number of aryl methyl sites for hydroxylation is 1. The molecule has 0 bridgehead atoms. The zero-order valence-corrected chi connectivity index (χ0v) is 16.7. The van der Waals surface area contributed by atoms with Crippen LogP contribution in [0.15, 0.2) is 57.9 Å². The Morgan fingerprint density at radius 3 is 2.93 bits per heavy atom. The number of fused-ring (bicyclic) bond motifs is 2. The van der Waals surface area contributed by atoms with E-state index in [-0.39, 0.29) is 24.2 Å². The summed E-state index contributed by atoms with van der Waals surface area (Å²) in [6.07, 6.45) is 1.65. The number of furan rings is 1. The molecule has 0 atom stereocenters. The number of anilines is 2. The number of ether oxygens (including phenoxy) is 1. The lowest BCUT2D eigenvalue weighted by atomic mass is 10.1. The van der Waals surface area contributed by atoms with Crippen molar-refractivity contribution in [3.63, 3.8) is 0 Å². The lowest BCUT2D eigenvalue weighted by molar-refractivity contribution is -0.121. The van der Waals surface area contributed by atoms with Crippen molar-refractivity contribution in [2.24, 2.45) is 0 Å². The van der Waals surface area contributed by atoms with Crippen LogP contribution in [0.25, 0.3) is 11.0 Å². The molecule has 0 spiro atoms. The van der Waals surface area contributed by atoms with Crippen LogP contribution >= 0.6 is 15.9 Å². The quantitative estimate of drug-likeness (QED) is 0.598. The lowest BCUT2D eigenvalue weighted by Gasteiger charge is -2.28. The summed E-state index contributed by atoms with van der Waals surface area (Å²) in [6.45, 7) is 5.89.